The van der Waals surface area contributed by atoms with Crippen LogP contribution in [-0.4, -0.2) is 75.4 Å². The Morgan fingerprint density at radius 1 is 0.976 bits per heavy atom. The van der Waals surface area contributed by atoms with E-state index in [0.29, 0.717) is 18.0 Å². The van der Waals surface area contributed by atoms with Gasteiger partial charge >= 0.3 is 0 Å². The number of piperazine rings is 1. The molecule has 6 heterocycles. The number of aromatic amines is 1. The van der Waals surface area contributed by atoms with Crippen LogP contribution < -0.4 is 0 Å². The Morgan fingerprint density at radius 2 is 1.64 bits per heavy atom. The number of hydrogen-bond acceptors (Lipinski definition) is 6. The average Bonchev–Trinajstić information content (AvgIpc) is 3.79. The third kappa shape index (κ3) is 5.25. The summed E-state index contributed by atoms with van der Waals surface area (Å²) in [7, 11) is 0. The number of amides is 1. The SMILES string of the molecule is Cc1cc(C)cc(-c2[nH]c3sc(C(C)(C)C(=O)N4C5CCC4CC5)cc3c2CCN2CCN(Cc3cscn3)CC2)c1. The third-order valence-corrected chi connectivity index (χ3v) is 12.0. The van der Waals surface area contributed by atoms with E-state index < -0.39 is 5.41 Å². The molecule has 2 bridgehead atoms. The van der Waals surface area contributed by atoms with E-state index in [9.17, 15) is 4.79 Å². The van der Waals surface area contributed by atoms with Gasteiger partial charge in [-0.25, -0.2) is 4.98 Å². The largest absolute Gasteiger partial charge is 0.346 e. The van der Waals surface area contributed by atoms with Crippen molar-refractivity contribution in [3.8, 4) is 11.3 Å². The lowest BCUT2D eigenvalue weighted by Crippen LogP contribution is -2.46. The van der Waals surface area contributed by atoms with Crippen molar-refractivity contribution in [3.63, 3.8) is 0 Å². The summed E-state index contributed by atoms with van der Waals surface area (Å²) in [5.74, 6) is 0.322. The molecule has 3 fully saturated rings. The molecule has 3 aliphatic rings. The highest BCUT2D eigenvalue weighted by Gasteiger charge is 2.47. The molecule has 1 N–H and O–H groups in total. The maximum atomic E-state index is 13.9. The monoisotopic (exact) mass is 601 g/mol. The van der Waals surface area contributed by atoms with E-state index in [-0.39, 0.29) is 0 Å². The molecule has 0 unspecified atom stereocenters. The quantitative estimate of drug-likeness (QED) is 0.243. The predicted octanol–water partition coefficient (Wildman–Crippen LogP) is 6.76. The summed E-state index contributed by atoms with van der Waals surface area (Å²) in [5.41, 5.74) is 9.10. The van der Waals surface area contributed by atoms with Crippen LogP contribution in [-0.2, 0) is 23.2 Å². The van der Waals surface area contributed by atoms with Crippen LogP contribution in [0.15, 0.2) is 35.2 Å². The number of nitrogens with zero attached hydrogens (tertiary/aromatic N) is 4. The number of aryl methyl sites for hydroxylation is 2. The maximum absolute atomic E-state index is 13.9. The molecule has 3 aliphatic heterocycles. The van der Waals surface area contributed by atoms with Crippen LogP contribution >= 0.6 is 22.7 Å². The number of carbonyl (C=O) groups excluding carboxylic acids is 1. The molecule has 8 heteroatoms. The molecule has 6 nitrogen and oxygen atoms in total. The van der Waals surface area contributed by atoms with Gasteiger partial charge in [0.05, 0.1) is 22.3 Å². The zero-order valence-electron chi connectivity index (χ0n) is 25.4. The molecule has 42 heavy (non-hydrogen) atoms. The molecule has 1 amide bonds. The number of thiophene rings is 1. The summed E-state index contributed by atoms with van der Waals surface area (Å²) in [4.78, 5) is 32.0. The minimum Gasteiger partial charge on any atom is -0.346 e. The first kappa shape index (κ1) is 28.3. The van der Waals surface area contributed by atoms with Gasteiger partial charge in [-0.15, -0.1) is 22.7 Å². The number of hydrogen-bond donors (Lipinski definition) is 1. The molecule has 1 aromatic carbocycles. The maximum Gasteiger partial charge on any atom is 0.233 e. The van der Waals surface area contributed by atoms with Gasteiger partial charge in [-0.1, -0.05) is 17.2 Å². The van der Waals surface area contributed by atoms with Gasteiger partial charge in [-0.05, 0) is 89.1 Å². The lowest BCUT2D eigenvalue weighted by Gasteiger charge is -2.34. The highest BCUT2D eigenvalue weighted by Crippen LogP contribution is 2.44. The molecule has 4 aromatic rings. The number of fused-ring (bicyclic) bond motifs is 3. The van der Waals surface area contributed by atoms with E-state index in [4.69, 9.17) is 0 Å². The summed E-state index contributed by atoms with van der Waals surface area (Å²) in [6, 6.07) is 10.1. The molecule has 3 aromatic heterocycles. The van der Waals surface area contributed by atoms with Crippen LogP contribution in [0.2, 0.25) is 0 Å². The highest BCUT2D eigenvalue weighted by molar-refractivity contribution is 7.19. The van der Waals surface area contributed by atoms with Crippen molar-refractivity contribution in [2.24, 2.45) is 0 Å². The number of nitrogens with one attached hydrogen (secondary N) is 1. The van der Waals surface area contributed by atoms with Crippen molar-refractivity contribution < 1.29 is 4.79 Å². The number of H-pyrrole nitrogens is 1. The molecule has 3 saturated heterocycles. The number of rotatable bonds is 8. The molecule has 0 radical (unpaired) electrons. The number of benzene rings is 1. The van der Waals surface area contributed by atoms with E-state index in [2.05, 4.69) is 82.0 Å². The van der Waals surface area contributed by atoms with E-state index in [1.807, 2.05) is 5.51 Å². The first-order chi connectivity index (χ1) is 20.3. The first-order valence-electron chi connectivity index (χ1n) is 15.6. The molecule has 0 saturated carbocycles. The van der Waals surface area contributed by atoms with E-state index in [0.717, 1.165) is 45.7 Å². The average molecular weight is 602 g/mol. The molecule has 0 aliphatic carbocycles. The molecule has 7 rings (SSSR count). The minimum absolute atomic E-state index is 0.322. The topological polar surface area (TPSA) is 55.5 Å². The Hall–Kier alpha value is -2.52. The van der Waals surface area contributed by atoms with Gasteiger partial charge in [-0.3, -0.25) is 9.69 Å². The van der Waals surface area contributed by atoms with Crippen LogP contribution in [0.5, 0.6) is 0 Å². The summed E-state index contributed by atoms with van der Waals surface area (Å²) in [6.45, 7) is 15.0. The van der Waals surface area contributed by atoms with Gasteiger partial charge < -0.3 is 14.8 Å². The fourth-order valence-electron chi connectivity index (χ4n) is 7.62. The fourth-order valence-corrected chi connectivity index (χ4v) is 9.36. The molecular formula is C34H43N5OS2. The van der Waals surface area contributed by atoms with Gasteiger partial charge in [0.25, 0.3) is 0 Å². The second-order valence-electron chi connectivity index (χ2n) is 13.4. The van der Waals surface area contributed by atoms with Crippen LogP contribution in [0.1, 0.15) is 66.8 Å². The van der Waals surface area contributed by atoms with Gasteiger partial charge in [0.2, 0.25) is 5.91 Å². The van der Waals surface area contributed by atoms with Crippen molar-refractivity contribution in [2.45, 2.75) is 83.8 Å². The zero-order valence-corrected chi connectivity index (χ0v) is 27.0. The van der Waals surface area contributed by atoms with Crippen LogP contribution in [0.4, 0.5) is 0 Å². The summed E-state index contributed by atoms with van der Waals surface area (Å²) in [6.07, 6.45) is 5.72. The summed E-state index contributed by atoms with van der Waals surface area (Å²) in [5, 5.41) is 3.47. The van der Waals surface area contributed by atoms with Gasteiger partial charge in [0.1, 0.15) is 4.83 Å². The lowest BCUT2D eigenvalue weighted by molar-refractivity contribution is -0.137. The van der Waals surface area contributed by atoms with Crippen molar-refractivity contribution in [3.05, 3.63) is 62.4 Å². The number of thiazole rings is 1. The number of aromatic nitrogens is 2. The Labute approximate surface area is 257 Å². The van der Waals surface area contributed by atoms with Crippen LogP contribution in [0.3, 0.4) is 0 Å². The molecular weight excluding hydrogens is 559 g/mol. The first-order valence-corrected chi connectivity index (χ1v) is 17.4. The Bertz CT molecular complexity index is 1540. The third-order valence-electron chi connectivity index (χ3n) is 9.96. The van der Waals surface area contributed by atoms with Gasteiger partial charge in [0.15, 0.2) is 0 Å². The predicted molar refractivity (Wildman–Crippen MR) is 175 cm³/mol. The molecule has 0 atom stereocenters. The second kappa shape index (κ2) is 11.2. The van der Waals surface area contributed by atoms with Crippen molar-refractivity contribution in [2.75, 3.05) is 32.7 Å². The van der Waals surface area contributed by atoms with Crippen LogP contribution in [0.25, 0.3) is 21.5 Å². The Balaban J connectivity index is 1.14. The lowest BCUT2D eigenvalue weighted by atomic mass is 9.88. The van der Waals surface area contributed by atoms with Crippen molar-refractivity contribution >= 4 is 38.8 Å². The summed E-state index contributed by atoms with van der Waals surface area (Å²) < 4.78 is 0. The van der Waals surface area contributed by atoms with Crippen molar-refractivity contribution in [1.82, 2.24) is 24.7 Å². The zero-order chi connectivity index (χ0) is 29.0. The minimum atomic E-state index is -0.513. The molecule has 222 valence electrons. The van der Waals surface area contributed by atoms with Crippen LogP contribution in [0, 0.1) is 13.8 Å². The van der Waals surface area contributed by atoms with Gasteiger partial charge in [0, 0.05) is 67.0 Å². The van der Waals surface area contributed by atoms with E-state index in [1.54, 1.807) is 22.7 Å². The summed E-state index contributed by atoms with van der Waals surface area (Å²) >= 11 is 3.47. The van der Waals surface area contributed by atoms with Crippen molar-refractivity contribution in [1.29, 1.82) is 0 Å². The molecule has 0 spiro atoms. The van der Waals surface area contributed by atoms with E-state index in [1.165, 1.54) is 74.4 Å². The number of carbonyl (C=O) groups is 1. The Kier molecular flexibility index (Phi) is 7.53. The van der Waals surface area contributed by atoms with E-state index >= 15 is 0 Å². The second-order valence-corrected chi connectivity index (χ2v) is 15.1. The smallest absolute Gasteiger partial charge is 0.233 e. The fraction of sp³-hybridized carbons (Fsp3) is 0.529. The normalized spacial score (nSPS) is 21.7. The Morgan fingerprint density at radius 3 is 2.29 bits per heavy atom. The standard InChI is InChI=1S/C34H43N5OS2/c1-22-15-23(2)17-24(16-22)31-28(9-10-37-11-13-38(14-12-37)19-25-20-41-21-35-25)29-18-30(42-32(29)36-31)34(3,4)33(40)39-26-5-6-27(39)8-7-26/h15-18,20-21,26-27,36H,5-14,19H2,1-4H3. The van der Waals surface area contributed by atoms with Gasteiger partial charge in [-0.2, -0.15) is 0 Å². The highest BCUT2D eigenvalue weighted by atomic mass is 32.1.